The van der Waals surface area contributed by atoms with Gasteiger partial charge in [0.05, 0.1) is 4.90 Å². The maximum absolute atomic E-state index is 12.3. The first-order chi connectivity index (χ1) is 12.6. The molecule has 3 rings (SSSR count). The predicted octanol–water partition coefficient (Wildman–Crippen LogP) is 3.84. The van der Waals surface area contributed by atoms with Gasteiger partial charge in [-0.05, 0) is 48.5 Å². The zero-order valence-corrected chi connectivity index (χ0v) is 14.9. The molecule has 0 saturated carbocycles. The molecule has 134 valence electrons. The smallest absolute Gasteiger partial charge is 0.240 e. The van der Waals surface area contributed by atoms with E-state index in [4.69, 9.17) is 9.47 Å². The normalized spacial score (nSPS) is 11.1. The van der Waals surface area contributed by atoms with Crippen molar-refractivity contribution in [3.63, 3.8) is 0 Å². The lowest BCUT2D eigenvalue weighted by Crippen LogP contribution is -2.28. The molecule has 0 aliphatic rings. The van der Waals surface area contributed by atoms with Gasteiger partial charge in [0.1, 0.15) is 23.9 Å². The average molecular weight is 369 g/mol. The third-order valence-corrected chi connectivity index (χ3v) is 5.00. The molecule has 0 amide bonds. The van der Waals surface area contributed by atoms with Crippen LogP contribution in [0.2, 0.25) is 0 Å². The van der Waals surface area contributed by atoms with E-state index in [-0.39, 0.29) is 18.0 Å². The molecule has 0 unspecified atom stereocenters. The molecule has 0 bridgehead atoms. The first kappa shape index (κ1) is 18.0. The molecule has 1 N–H and O–H groups in total. The maximum Gasteiger partial charge on any atom is 0.240 e. The van der Waals surface area contributed by atoms with Gasteiger partial charge in [0, 0.05) is 6.54 Å². The fourth-order valence-corrected chi connectivity index (χ4v) is 3.27. The topological polar surface area (TPSA) is 64.6 Å². The Morgan fingerprint density at radius 1 is 0.692 bits per heavy atom. The molecular weight excluding hydrogens is 350 g/mol. The maximum atomic E-state index is 12.3. The molecule has 0 radical (unpaired) electrons. The fourth-order valence-electron chi connectivity index (χ4n) is 2.26. The number of hydrogen-bond acceptors (Lipinski definition) is 4. The molecule has 0 saturated heterocycles. The Labute approximate surface area is 153 Å². The molecule has 0 heterocycles. The summed E-state index contributed by atoms with van der Waals surface area (Å²) in [6.07, 6.45) is 0. The molecule has 0 aliphatic carbocycles. The standard InChI is InChI=1S/C20H19NO4S/c22-26(23,21-15-16-24-17-7-3-1-4-8-17)20-13-11-19(12-14-20)25-18-9-5-2-6-10-18/h1-14,21H,15-16H2. The lowest BCUT2D eigenvalue weighted by Gasteiger charge is -2.09. The first-order valence-corrected chi connectivity index (χ1v) is 9.62. The third-order valence-electron chi connectivity index (χ3n) is 3.52. The predicted molar refractivity (Wildman–Crippen MR) is 100 cm³/mol. The Kier molecular flexibility index (Phi) is 5.88. The van der Waals surface area contributed by atoms with Crippen molar-refractivity contribution in [2.75, 3.05) is 13.2 Å². The SMILES string of the molecule is O=S(=O)(NCCOc1ccccc1)c1ccc(Oc2ccccc2)cc1. The van der Waals surface area contributed by atoms with Crippen molar-refractivity contribution in [1.82, 2.24) is 4.72 Å². The lowest BCUT2D eigenvalue weighted by molar-refractivity contribution is 0.323. The van der Waals surface area contributed by atoms with Gasteiger partial charge in [0.25, 0.3) is 0 Å². The summed E-state index contributed by atoms with van der Waals surface area (Å²) < 4.78 is 38.3. The van der Waals surface area contributed by atoms with Crippen LogP contribution >= 0.6 is 0 Å². The van der Waals surface area contributed by atoms with Gasteiger partial charge in [-0.3, -0.25) is 0 Å². The van der Waals surface area contributed by atoms with Crippen molar-refractivity contribution >= 4 is 10.0 Å². The molecule has 6 heteroatoms. The highest BCUT2D eigenvalue weighted by Crippen LogP contribution is 2.22. The van der Waals surface area contributed by atoms with Crippen molar-refractivity contribution in [2.24, 2.45) is 0 Å². The number of sulfonamides is 1. The molecule has 3 aromatic carbocycles. The van der Waals surface area contributed by atoms with Crippen LogP contribution in [0.5, 0.6) is 17.2 Å². The second-order valence-electron chi connectivity index (χ2n) is 5.45. The van der Waals surface area contributed by atoms with E-state index in [1.807, 2.05) is 60.7 Å². The monoisotopic (exact) mass is 369 g/mol. The first-order valence-electron chi connectivity index (χ1n) is 8.14. The van der Waals surface area contributed by atoms with Crippen LogP contribution in [-0.2, 0) is 10.0 Å². The van der Waals surface area contributed by atoms with E-state index in [2.05, 4.69) is 4.72 Å². The van der Waals surface area contributed by atoms with Gasteiger partial charge in [-0.25, -0.2) is 13.1 Å². The largest absolute Gasteiger partial charge is 0.492 e. The van der Waals surface area contributed by atoms with Gasteiger partial charge >= 0.3 is 0 Å². The average Bonchev–Trinajstić information content (AvgIpc) is 2.67. The molecule has 0 atom stereocenters. The van der Waals surface area contributed by atoms with Crippen LogP contribution < -0.4 is 14.2 Å². The van der Waals surface area contributed by atoms with Crippen LogP contribution in [0.1, 0.15) is 0 Å². The highest BCUT2D eigenvalue weighted by Gasteiger charge is 2.13. The third kappa shape index (κ3) is 5.08. The minimum Gasteiger partial charge on any atom is -0.492 e. The van der Waals surface area contributed by atoms with Gasteiger partial charge in [0.15, 0.2) is 0 Å². The molecule has 0 aliphatic heterocycles. The zero-order chi connectivity index (χ0) is 18.2. The van der Waals surface area contributed by atoms with Gasteiger partial charge in [-0.15, -0.1) is 0 Å². The number of para-hydroxylation sites is 2. The summed E-state index contributed by atoms with van der Waals surface area (Å²) in [6.45, 7) is 0.429. The van der Waals surface area contributed by atoms with E-state index in [9.17, 15) is 8.42 Å². The number of benzene rings is 3. The fraction of sp³-hybridized carbons (Fsp3) is 0.100. The Morgan fingerprint density at radius 2 is 1.23 bits per heavy atom. The van der Waals surface area contributed by atoms with Crippen LogP contribution in [0.4, 0.5) is 0 Å². The van der Waals surface area contributed by atoms with Gasteiger partial charge in [-0.1, -0.05) is 36.4 Å². The minimum absolute atomic E-state index is 0.178. The van der Waals surface area contributed by atoms with Crippen molar-refractivity contribution in [1.29, 1.82) is 0 Å². The summed E-state index contributed by atoms with van der Waals surface area (Å²) in [5.74, 6) is 1.97. The van der Waals surface area contributed by atoms with Gasteiger partial charge in [0.2, 0.25) is 10.0 Å². The quantitative estimate of drug-likeness (QED) is 0.613. The summed E-state index contributed by atoms with van der Waals surface area (Å²) in [5, 5.41) is 0. The van der Waals surface area contributed by atoms with E-state index in [1.165, 1.54) is 12.1 Å². The molecule has 0 spiro atoms. The number of rotatable bonds is 8. The van der Waals surface area contributed by atoms with Crippen molar-refractivity contribution in [3.8, 4) is 17.2 Å². The second-order valence-corrected chi connectivity index (χ2v) is 7.21. The summed E-state index contributed by atoms with van der Waals surface area (Å²) in [4.78, 5) is 0.178. The Bertz CT molecular complexity index is 911. The summed E-state index contributed by atoms with van der Waals surface area (Å²) in [6, 6.07) is 24.8. The van der Waals surface area contributed by atoms with E-state index < -0.39 is 10.0 Å². The van der Waals surface area contributed by atoms with E-state index in [1.54, 1.807) is 12.1 Å². The number of ether oxygens (including phenoxy) is 2. The molecule has 0 aromatic heterocycles. The Morgan fingerprint density at radius 3 is 1.85 bits per heavy atom. The van der Waals surface area contributed by atoms with Crippen molar-refractivity contribution in [3.05, 3.63) is 84.9 Å². The Hall–Kier alpha value is -2.83. The number of hydrogen-bond donors (Lipinski definition) is 1. The Balaban J connectivity index is 1.53. The molecule has 0 fully saturated rings. The van der Waals surface area contributed by atoms with Crippen LogP contribution in [0.3, 0.4) is 0 Å². The van der Waals surface area contributed by atoms with Crippen LogP contribution in [0, 0.1) is 0 Å². The second kappa shape index (κ2) is 8.51. The highest BCUT2D eigenvalue weighted by molar-refractivity contribution is 7.89. The number of nitrogens with one attached hydrogen (secondary N) is 1. The van der Waals surface area contributed by atoms with Crippen molar-refractivity contribution in [2.45, 2.75) is 4.90 Å². The van der Waals surface area contributed by atoms with E-state index in [0.29, 0.717) is 17.2 Å². The highest BCUT2D eigenvalue weighted by atomic mass is 32.2. The van der Waals surface area contributed by atoms with Crippen LogP contribution in [0.25, 0.3) is 0 Å². The summed E-state index contributed by atoms with van der Waals surface area (Å²) in [7, 11) is -3.59. The lowest BCUT2D eigenvalue weighted by atomic mass is 10.3. The van der Waals surface area contributed by atoms with Crippen molar-refractivity contribution < 1.29 is 17.9 Å². The van der Waals surface area contributed by atoms with E-state index in [0.717, 1.165) is 0 Å². The summed E-state index contributed by atoms with van der Waals surface area (Å²) in [5.41, 5.74) is 0. The molecule has 26 heavy (non-hydrogen) atoms. The van der Waals surface area contributed by atoms with Gasteiger partial charge in [-0.2, -0.15) is 0 Å². The van der Waals surface area contributed by atoms with E-state index >= 15 is 0 Å². The molecule has 5 nitrogen and oxygen atoms in total. The van der Waals surface area contributed by atoms with Crippen LogP contribution in [0.15, 0.2) is 89.8 Å². The minimum atomic E-state index is -3.59. The van der Waals surface area contributed by atoms with Gasteiger partial charge < -0.3 is 9.47 Å². The molecule has 3 aromatic rings. The zero-order valence-electron chi connectivity index (χ0n) is 14.0. The molecular formula is C20H19NO4S. The van der Waals surface area contributed by atoms with Crippen LogP contribution in [-0.4, -0.2) is 21.6 Å². The summed E-state index contributed by atoms with van der Waals surface area (Å²) >= 11 is 0.